The van der Waals surface area contributed by atoms with Crippen molar-refractivity contribution in [2.45, 2.75) is 59.0 Å². The van der Waals surface area contributed by atoms with Crippen molar-refractivity contribution in [1.82, 2.24) is 0 Å². The monoisotopic (exact) mass is 239 g/mol. The fourth-order valence-corrected chi connectivity index (χ4v) is 4.29. The normalized spacial score (nSPS) is 48.0. The lowest BCUT2D eigenvalue weighted by atomic mass is 9.76. The van der Waals surface area contributed by atoms with Gasteiger partial charge in [0, 0.05) is 11.8 Å². The number of hydrogen-bond donors (Lipinski definition) is 2. The SMILES string of the molecule is CC1CC(C)CC(C[NH+]2CCCC(C)C2N)C1. The van der Waals surface area contributed by atoms with Gasteiger partial charge >= 0.3 is 0 Å². The topological polar surface area (TPSA) is 30.5 Å². The first-order valence-electron chi connectivity index (χ1n) is 7.66. The molecular formula is C15H31N2+. The molecular weight excluding hydrogens is 208 g/mol. The van der Waals surface area contributed by atoms with E-state index >= 15 is 0 Å². The van der Waals surface area contributed by atoms with Crippen molar-refractivity contribution in [2.75, 3.05) is 13.1 Å². The first kappa shape index (κ1) is 13.4. The van der Waals surface area contributed by atoms with Gasteiger partial charge in [-0.2, -0.15) is 0 Å². The van der Waals surface area contributed by atoms with E-state index < -0.39 is 0 Å². The number of nitrogens with two attached hydrogens (primary N) is 1. The fourth-order valence-electron chi connectivity index (χ4n) is 4.29. The maximum atomic E-state index is 6.37. The quantitative estimate of drug-likeness (QED) is 0.754. The van der Waals surface area contributed by atoms with Gasteiger partial charge in [-0.3, -0.25) is 5.73 Å². The average molecular weight is 239 g/mol. The molecule has 17 heavy (non-hydrogen) atoms. The Hall–Kier alpha value is -0.0800. The second kappa shape index (κ2) is 5.71. The number of quaternary nitrogens is 1. The standard InChI is InChI=1S/C15H30N2/c1-11-7-12(2)9-14(8-11)10-17-6-4-5-13(3)15(17)16/h11-15H,4-10,16H2,1-3H3/p+1. The van der Waals surface area contributed by atoms with E-state index in [4.69, 9.17) is 5.73 Å². The van der Waals surface area contributed by atoms with Crippen LogP contribution in [0.3, 0.4) is 0 Å². The first-order chi connectivity index (χ1) is 8.06. The summed E-state index contributed by atoms with van der Waals surface area (Å²) in [6, 6.07) is 0. The van der Waals surface area contributed by atoms with Crippen molar-refractivity contribution < 1.29 is 4.90 Å². The Morgan fingerprint density at radius 1 is 1.06 bits per heavy atom. The second-order valence-corrected chi connectivity index (χ2v) is 7.04. The lowest BCUT2D eigenvalue weighted by molar-refractivity contribution is -0.937. The number of piperidine rings is 1. The third-order valence-electron chi connectivity index (χ3n) is 5.07. The third kappa shape index (κ3) is 3.45. The Labute approximate surface area is 107 Å². The highest BCUT2D eigenvalue weighted by molar-refractivity contribution is 4.75. The van der Waals surface area contributed by atoms with E-state index in [0.29, 0.717) is 6.17 Å². The zero-order chi connectivity index (χ0) is 12.4. The van der Waals surface area contributed by atoms with E-state index in [1.807, 2.05) is 0 Å². The molecule has 100 valence electrons. The average Bonchev–Trinajstić information content (AvgIpc) is 2.23. The third-order valence-corrected chi connectivity index (χ3v) is 5.07. The van der Waals surface area contributed by atoms with Gasteiger partial charge < -0.3 is 4.90 Å². The van der Waals surface area contributed by atoms with Gasteiger partial charge in [-0.1, -0.05) is 20.8 Å². The largest absolute Gasteiger partial charge is 0.320 e. The molecule has 0 aromatic rings. The molecule has 2 heteroatoms. The molecule has 2 aliphatic rings. The zero-order valence-electron chi connectivity index (χ0n) is 11.9. The Morgan fingerprint density at radius 2 is 1.71 bits per heavy atom. The van der Waals surface area contributed by atoms with Crippen LogP contribution in [0.2, 0.25) is 0 Å². The van der Waals surface area contributed by atoms with Crippen molar-refractivity contribution >= 4 is 0 Å². The molecule has 2 rings (SSSR count). The smallest absolute Gasteiger partial charge is 0.141 e. The second-order valence-electron chi connectivity index (χ2n) is 7.04. The van der Waals surface area contributed by atoms with E-state index in [-0.39, 0.29) is 0 Å². The number of likely N-dealkylation sites (tertiary alicyclic amines) is 1. The molecule has 5 unspecified atom stereocenters. The highest BCUT2D eigenvalue weighted by Gasteiger charge is 2.33. The van der Waals surface area contributed by atoms with Crippen LogP contribution >= 0.6 is 0 Å². The van der Waals surface area contributed by atoms with Crippen molar-refractivity contribution in [2.24, 2.45) is 29.4 Å². The molecule has 3 N–H and O–H groups in total. The predicted molar refractivity (Wildman–Crippen MR) is 72.7 cm³/mol. The lowest BCUT2D eigenvalue weighted by Crippen LogP contribution is -3.19. The van der Waals surface area contributed by atoms with Crippen molar-refractivity contribution in [3.63, 3.8) is 0 Å². The van der Waals surface area contributed by atoms with Gasteiger partial charge in [-0.25, -0.2) is 0 Å². The summed E-state index contributed by atoms with van der Waals surface area (Å²) >= 11 is 0. The Kier molecular flexibility index (Phi) is 4.48. The van der Waals surface area contributed by atoms with Gasteiger partial charge in [-0.15, -0.1) is 0 Å². The number of rotatable bonds is 2. The van der Waals surface area contributed by atoms with Crippen LogP contribution in [-0.2, 0) is 0 Å². The minimum atomic E-state index is 0.399. The molecule has 0 aromatic carbocycles. The van der Waals surface area contributed by atoms with Gasteiger partial charge in [-0.05, 0) is 43.9 Å². The summed E-state index contributed by atoms with van der Waals surface area (Å²) in [5, 5.41) is 0. The fraction of sp³-hybridized carbons (Fsp3) is 1.00. The van der Waals surface area contributed by atoms with Crippen LogP contribution in [0.25, 0.3) is 0 Å². The predicted octanol–water partition coefficient (Wildman–Crippen LogP) is 1.66. The molecule has 0 aromatic heterocycles. The van der Waals surface area contributed by atoms with E-state index in [9.17, 15) is 0 Å². The van der Waals surface area contributed by atoms with E-state index in [2.05, 4.69) is 20.8 Å². The minimum absolute atomic E-state index is 0.399. The maximum absolute atomic E-state index is 6.37. The van der Waals surface area contributed by atoms with E-state index in [0.717, 1.165) is 23.7 Å². The molecule has 1 saturated carbocycles. The van der Waals surface area contributed by atoms with E-state index in [1.165, 1.54) is 45.2 Å². The highest BCUT2D eigenvalue weighted by Crippen LogP contribution is 2.32. The summed E-state index contributed by atoms with van der Waals surface area (Å²) in [6.07, 6.45) is 7.43. The molecule has 5 atom stereocenters. The molecule has 2 nitrogen and oxygen atoms in total. The molecule has 2 fully saturated rings. The lowest BCUT2D eigenvalue weighted by Gasteiger charge is -2.39. The summed E-state index contributed by atoms with van der Waals surface area (Å²) in [4.78, 5) is 1.69. The maximum Gasteiger partial charge on any atom is 0.141 e. The van der Waals surface area contributed by atoms with Crippen LogP contribution in [0.1, 0.15) is 52.9 Å². The summed E-state index contributed by atoms with van der Waals surface area (Å²) < 4.78 is 0. The molecule has 1 heterocycles. The van der Waals surface area contributed by atoms with E-state index in [1.54, 1.807) is 4.90 Å². The molecule has 0 amide bonds. The summed E-state index contributed by atoms with van der Waals surface area (Å²) in [5.41, 5.74) is 6.37. The van der Waals surface area contributed by atoms with Crippen LogP contribution < -0.4 is 10.6 Å². The molecule has 0 bridgehead atoms. The van der Waals surface area contributed by atoms with Crippen molar-refractivity contribution in [1.29, 1.82) is 0 Å². The number of nitrogens with one attached hydrogen (secondary N) is 1. The van der Waals surface area contributed by atoms with Gasteiger partial charge in [0.2, 0.25) is 0 Å². The van der Waals surface area contributed by atoms with Crippen LogP contribution in [0.4, 0.5) is 0 Å². The van der Waals surface area contributed by atoms with Gasteiger partial charge in [0.25, 0.3) is 0 Å². The summed E-state index contributed by atoms with van der Waals surface area (Å²) in [7, 11) is 0. The molecule has 0 radical (unpaired) electrons. The van der Waals surface area contributed by atoms with Crippen molar-refractivity contribution in [3.05, 3.63) is 0 Å². The Morgan fingerprint density at radius 3 is 2.35 bits per heavy atom. The minimum Gasteiger partial charge on any atom is -0.320 e. The van der Waals surface area contributed by atoms with Gasteiger partial charge in [0.1, 0.15) is 6.17 Å². The van der Waals surface area contributed by atoms with Crippen LogP contribution in [0, 0.1) is 23.7 Å². The van der Waals surface area contributed by atoms with Crippen LogP contribution in [0.15, 0.2) is 0 Å². The first-order valence-corrected chi connectivity index (χ1v) is 7.66. The summed E-state index contributed by atoms with van der Waals surface area (Å²) in [5.74, 6) is 3.51. The van der Waals surface area contributed by atoms with Crippen LogP contribution in [0.5, 0.6) is 0 Å². The molecule has 1 aliphatic carbocycles. The van der Waals surface area contributed by atoms with Gasteiger partial charge in [0.05, 0.1) is 13.1 Å². The highest BCUT2D eigenvalue weighted by atomic mass is 15.2. The Balaban J connectivity index is 1.87. The van der Waals surface area contributed by atoms with Gasteiger partial charge in [0.15, 0.2) is 0 Å². The molecule has 0 spiro atoms. The molecule has 1 aliphatic heterocycles. The number of hydrogen-bond acceptors (Lipinski definition) is 1. The summed E-state index contributed by atoms with van der Waals surface area (Å²) in [6.45, 7) is 9.83. The van der Waals surface area contributed by atoms with Crippen molar-refractivity contribution in [3.8, 4) is 0 Å². The van der Waals surface area contributed by atoms with Crippen LogP contribution in [-0.4, -0.2) is 19.3 Å². The molecule has 1 saturated heterocycles. The zero-order valence-corrected chi connectivity index (χ0v) is 11.9. The Bertz CT molecular complexity index is 231.